The number of amides is 1. The van der Waals surface area contributed by atoms with E-state index in [9.17, 15) is 13.2 Å². The molecular formula is C27H23N3O3S. The number of hydrogen-bond acceptors (Lipinski definition) is 4. The van der Waals surface area contributed by atoms with E-state index in [-0.39, 0.29) is 10.8 Å². The first-order chi connectivity index (χ1) is 16.4. The van der Waals surface area contributed by atoms with Gasteiger partial charge in [-0.25, -0.2) is 8.42 Å². The third-order valence-electron chi connectivity index (χ3n) is 5.08. The molecule has 4 aromatic rings. The van der Waals surface area contributed by atoms with Crippen LogP contribution in [-0.4, -0.2) is 14.3 Å². The Hall–Kier alpha value is -4.36. The van der Waals surface area contributed by atoms with Crippen LogP contribution in [0.5, 0.6) is 0 Å². The number of rotatable bonds is 7. The van der Waals surface area contributed by atoms with Gasteiger partial charge in [0.15, 0.2) is 0 Å². The summed E-state index contributed by atoms with van der Waals surface area (Å²) in [4.78, 5) is 12.2. The highest BCUT2D eigenvalue weighted by molar-refractivity contribution is 7.92. The summed E-state index contributed by atoms with van der Waals surface area (Å²) in [6.07, 6.45) is 2.96. The largest absolute Gasteiger partial charge is 0.397 e. The second-order valence-electron chi connectivity index (χ2n) is 7.53. The zero-order chi connectivity index (χ0) is 24.0. The first-order valence-electron chi connectivity index (χ1n) is 10.5. The van der Waals surface area contributed by atoms with Crippen molar-refractivity contribution in [1.29, 1.82) is 0 Å². The van der Waals surface area contributed by atoms with Gasteiger partial charge in [0.1, 0.15) is 0 Å². The molecule has 0 aliphatic carbocycles. The van der Waals surface area contributed by atoms with Gasteiger partial charge in [0.25, 0.3) is 10.0 Å². The maximum absolute atomic E-state index is 12.8. The van der Waals surface area contributed by atoms with Gasteiger partial charge in [-0.3, -0.25) is 9.52 Å². The zero-order valence-corrected chi connectivity index (χ0v) is 19.0. The molecule has 0 unspecified atom stereocenters. The molecule has 0 spiro atoms. The van der Waals surface area contributed by atoms with E-state index in [1.807, 2.05) is 42.5 Å². The third kappa shape index (κ3) is 5.70. The lowest BCUT2D eigenvalue weighted by Crippen LogP contribution is -2.12. The van der Waals surface area contributed by atoms with Crippen molar-refractivity contribution in [3.05, 3.63) is 115 Å². The molecule has 0 heterocycles. The Morgan fingerprint density at radius 2 is 1.35 bits per heavy atom. The number of para-hydroxylation sites is 2. The van der Waals surface area contributed by atoms with Gasteiger partial charge in [-0.1, -0.05) is 66.7 Å². The van der Waals surface area contributed by atoms with Crippen LogP contribution < -0.4 is 15.8 Å². The molecule has 0 saturated carbocycles. The Labute approximate surface area is 198 Å². The second-order valence-corrected chi connectivity index (χ2v) is 9.21. The highest BCUT2D eigenvalue weighted by atomic mass is 32.2. The van der Waals surface area contributed by atoms with Gasteiger partial charge in [-0.05, 0) is 59.2 Å². The molecule has 0 radical (unpaired) electrons. The van der Waals surface area contributed by atoms with Crippen molar-refractivity contribution in [2.45, 2.75) is 4.90 Å². The summed E-state index contributed by atoms with van der Waals surface area (Å²) < 4.78 is 28.1. The molecule has 0 aliphatic rings. The van der Waals surface area contributed by atoms with E-state index in [1.165, 1.54) is 18.2 Å². The van der Waals surface area contributed by atoms with E-state index in [4.69, 9.17) is 5.73 Å². The summed E-state index contributed by atoms with van der Waals surface area (Å²) in [7, 11) is -3.75. The topological polar surface area (TPSA) is 101 Å². The van der Waals surface area contributed by atoms with E-state index in [2.05, 4.69) is 10.0 Å². The number of nitrogens with one attached hydrogen (secondary N) is 2. The lowest BCUT2D eigenvalue weighted by atomic mass is 10.1. The van der Waals surface area contributed by atoms with Crippen LogP contribution >= 0.6 is 0 Å². The first-order valence-corrected chi connectivity index (χ1v) is 12.0. The Balaban J connectivity index is 1.40. The van der Waals surface area contributed by atoms with E-state index in [0.29, 0.717) is 22.6 Å². The highest BCUT2D eigenvalue weighted by Crippen LogP contribution is 2.23. The van der Waals surface area contributed by atoms with Crippen molar-refractivity contribution in [2.24, 2.45) is 0 Å². The third-order valence-corrected chi connectivity index (χ3v) is 6.48. The molecule has 0 atom stereocenters. The fraction of sp³-hybridized carbons (Fsp3) is 0. The van der Waals surface area contributed by atoms with E-state index in [0.717, 1.165) is 11.1 Å². The van der Waals surface area contributed by atoms with Crippen LogP contribution in [0, 0.1) is 0 Å². The fourth-order valence-corrected chi connectivity index (χ4v) is 4.35. The van der Waals surface area contributed by atoms with E-state index < -0.39 is 10.0 Å². The van der Waals surface area contributed by atoms with Gasteiger partial charge in [0.05, 0.1) is 16.3 Å². The number of carbonyl (C=O) groups excluding carboxylic acids is 1. The molecule has 0 aromatic heterocycles. The highest BCUT2D eigenvalue weighted by Gasteiger charge is 2.14. The lowest BCUT2D eigenvalue weighted by Gasteiger charge is -2.09. The predicted octanol–water partition coefficient (Wildman–Crippen LogP) is 5.39. The van der Waals surface area contributed by atoms with Gasteiger partial charge >= 0.3 is 0 Å². The number of nitrogen functional groups attached to an aromatic ring is 1. The molecule has 0 fully saturated rings. The summed E-state index contributed by atoms with van der Waals surface area (Å²) in [5, 5.41) is 2.70. The average molecular weight is 470 g/mol. The van der Waals surface area contributed by atoms with Crippen LogP contribution in [0.3, 0.4) is 0 Å². The molecular weight excluding hydrogens is 446 g/mol. The van der Waals surface area contributed by atoms with Crippen molar-refractivity contribution < 1.29 is 13.2 Å². The normalized spacial score (nSPS) is 11.3. The predicted molar refractivity (Wildman–Crippen MR) is 138 cm³/mol. The minimum absolute atomic E-state index is 0.123. The van der Waals surface area contributed by atoms with Gasteiger partial charge in [0.2, 0.25) is 5.91 Å². The average Bonchev–Trinajstić information content (AvgIpc) is 2.85. The maximum atomic E-state index is 12.8. The van der Waals surface area contributed by atoms with Crippen LogP contribution in [0.2, 0.25) is 0 Å². The smallest absolute Gasteiger partial charge is 0.261 e. The SMILES string of the molecule is Nc1ccccc1NC(=O)C=Cc1ccc(S(=O)(=O)Nc2ccc(-c3ccccc3)cc2)cc1. The molecule has 4 N–H and O–H groups in total. The summed E-state index contributed by atoms with van der Waals surface area (Å²) in [5.41, 5.74) is 10.0. The summed E-state index contributed by atoms with van der Waals surface area (Å²) in [5.74, 6) is -0.338. The Bertz CT molecular complexity index is 1410. The number of sulfonamides is 1. The maximum Gasteiger partial charge on any atom is 0.261 e. The molecule has 7 heteroatoms. The minimum atomic E-state index is -3.75. The van der Waals surface area contributed by atoms with Crippen LogP contribution in [0.1, 0.15) is 5.56 Å². The first kappa shape index (κ1) is 22.8. The second kappa shape index (κ2) is 10.1. The molecule has 4 rings (SSSR count). The summed E-state index contributed by atoms with van der Waals surface area (Å²) in [6, 6.07) is 30.3. The van der Waals surface area contributed by atoms with Crippen LogP contribution in [0.15, 0.2) is 114 Å². The van der Waals surface area contributed by atoms with Gasteiger partial charge in [-0.2, -0.15) is 0 Å². The standard InChI is InChI=1S/C27H23N3O3S/c28-25-8-4-5-9-26(25)29-27(31)19-12-20-10-17-24(18-11-20)34(32,33)30-23-15-13-22(14-16-23)21-6-2-1-3-7-21/h1-19,30H,28H2,(H,29,31). The minimum Gasteiger partial charge on any atom is -0.397 e. The number of carbonyl (C=O) groups is 1. The molecule has 1 amide bonds. The Morgan fingerprint density at radius 1 is 0.735 bits per heavy atom. The van der Waals surface area contributed by atoms with Crippen LogP contribution in [0.4, 0.5) is 17.1 Å². The van der Waals surface area contributed by atoms with Gasteiger partial charge < -0.3 is 11.1 Å². The molecule has 4 aromatic carbocycles. The quantitative estimate of drug-likeness (QED) is 0.250. The van der Waals surface area contributed by atoms with Crippen molar-refractivity contribution in [1.82, 2.24) is 0 Å². The van der Waals surface area contributed by atoms with Crippen molar-refractivity contribution in [2.75, 3.05) is 15.8 Å². The molecule has 170 valence electrons. The summed E-state index contributed by atoms with van der Waals surface area (Å²) in [6.45, 7) is 0. The van der Waals surface area contributed by atoms with Crippen LogP contribution in [0.25, 0.3) is 17.2 Å². The molecule has 34 heavy (non-hydrogen) atoms. The monoisotopic (exact) mass is 469 g/mol. The number of nitrogens with two attached hydrogens (primary N) is 1. The van der Waals surface area contributed by atoms with Gasteiger partial charge in [-0.15, -0.1) is 0 Å². The molecule has 0 aliphatic heterocycles. The van der Waals surface area contributed by atoms with Gasteiger partial charge in [0, 0.05) is 11.8 Å². The molecule has 6 nitrogen and oxygen atoms in total. The Kier molecular flexibility index (Phi) is 6.75. The molecule has 0 saturated heterocycles. The van der Waals surface area contributed by atoms with E-state index in [1.54, 1.807) is 54.6 Å². The van der Waals surface area contributed by atoms with E-state index >= 15 is 0 Å². The lowest BCUT2D eigenvalue weighted by molar-refractivity contribution is -0.111. The zero-order valence-electron chi connectivity index (χ0n) is 18.2. The van der Waals surface area contributed by atoms with Crippen molar-refractivity contribution in [3.8, 4) is 11.1 Å². The van der Waals surface area contributed by atoms with Crippen LogP contribution in [-0.2, 0) is 14.8 Å². The number of benzene rings is 4. The fourth-order valence-electron chi connectivity index (χ4n) is 3.29. The number of anilines is 3. The van der Waals surface area contributed by atoms with Crippen molar-refractivity contribution >= 4 is 39.1 Å². The number of hydrogen-bond donors (Lipinski definition) is 3. The summed E-state index contributed by atoms with van der Waals surface area (Å²) >= 11 is 0. The molecule has 0 bridgehead atoms. The van der Waals surface area contributed by atoms with Crippen molar-refractivity contribution in [3.63, 3.8) is 0 Å². The Morgan fingerprint density at radius 3 is 2.03 bits per heavy atom.